The Morgan fingerprint density at radius 3 is 2.30 bits per heavy atom. The molecule has 0 radical (unpaired) electrons. The van der Waals surface area contributed by atoms with Crippen LogP contribution in [-0.4, -0.2) is 30.5 Å². The van der Waals surface area contributed by atoms with Gasteiger partial charge in [-0.25, -0.2) is 4.79 Å². The molecule has 0 atom stereocenters. The summed E-state index contributed by atoms with van der Waals surface area (Å²) in [4.78, 5) is 50.9. The van der Waals surface area contributed by atoms with Gasteiger partial charge < -0.3 is 9.47 Å². The lowest BCUT2D eigenvalue weighted by Crippen LogP contribution is -2.33. The number of nitrogens with zero attached hydrogens (tertiary/aromatic N) is 5. The van der Waals surface area contributed by atoms with Gasteiger partial charge >= 0.3 is 11.7 Å². The van der Waals surface area contributed by atoms with Gasteiger partial charge in [-0.2, -0.15) is 14.6 Å². The number of ether oxygens (including phenoxy) is 2. The second-order valence-electron chi connectivity index (χ2n) is 9.28. The summed E-state index contributed by atoms with van der Waals surface area (Å²) in [5.74, 6) is 0.0708. The number of benzene rings is 1. The minimum Gasteiger partial charge on any atom is -0.442 e. The fourth-order valence-electron chi connectivity index (χ4n) is 3.58. The maximum absolute atomic E-state index is 12.9. The minimum atomic E-state index is -0.866. The molecule has 0 saturated heterocycles. The van der Waals surface area contributed by atoms with Crippen LogP contribution in [0, 0.1) is 31.1 Å². The first-order valence-electron chi connectivity index (χ1n) is 11.6. The number of hydrogen-bond acceptors (Lipinski definition) is 9. The van der Waals surface area contributed by atoms with Gasteiger partial charge in [-0.15, -0.1) is 10.2 Å². The smallest absolute Gasteiger partial charge is 0.349 e. The Morgan fingerprint density at radius 1 is 1.08 bits per heavy atom. The van der Waals surface area contributed by atoms with Crippen LogP contribution in [0.5, 0.6) is 11.6 Å². The number of hydrogen-bond donors (Lipinski definition) is 1. The van der Waals surface area contributed by atoms with Gasteiger partial charge in [-0.3, -0.25) is 19.4 Å². The molecule has 0 aliphatic heterocycles. The fraction of sp³-hybridized carbons (Fsp3) is 0.400. The van der Waals surface area contributed by atoms with Crippen LogP contribution in [-0.2, 0) is 16.3 Å². The lowest BCUT2D eigenvalue weighted by Gasteiger charge is -2.16. The van der Waals surface area contributed by atoms with Gasteiger partial charge in [0.2, 0.25) is 11.6 Å². The minimum absolute atomic E-state index is 0.112. The van der Waals surface area contributed by atoms with E-state index in [1.807, 2.05) is 27.7 Å². The van der Waals surface area contributed by atoms with Crippen molar-refractivity contribution in [2.45, 2.75) is 60.6 Å². The Kier molecular flexibility index (Phi) is 8.07. The first kappa shape index (κ1) is 27.1. The lowest BCUT2D eigenvalue weighted by molar-refractivity contribution is -0.149. The summed E-state index contributed by atoms with van der Waals surface area (Å²) in [6.07, 6.45) is 0.218. The second-order valence-corrected chi connectivity index (χ2v) is 9.28. The molecule has 37 heavy (non-hydrogen) atoms. The van der Waals surface area contributed by atoms with Gasteiger partial charge in [-0.1, -0.05) is 27.7 Å². The van der Waals surface area contributed by atoms with Gasteiger partial charge in [0.25, 0.3) is 11.1 Å². The van der Waals surface area contributed by atoms with E-state index in [0.717, 1.165) is 9.36 Å². The van der Waals surface area contributed by atoms with Crippen LogP contribution in [0.4, 0.5) is 0 Å². The van der Waals surface area contributed by atoms with Crippen molar-refractivity contribution in [1.82, 2.24) is 24.5 Å². The fourth-order valence-corrected chi connectivity index (χ4v) is 3.58. The molecule has 0 bridgehead atoms. The molecule has 0 saturated carbocycles. The number of esters is 1. The molecule has 0 unspecified atom stereocenters. The van der Waals surface area contributed by atoms with Crippen molar-refractivity contribution in [3.8, 4) is 23.4 Å². The molecule has 194 valence electrons. The van der Waals surface area contributed by atoms with E-state index < -0.39 is 22.9 Å². The summed E-state index contributed by atoms with van der Waals surface area (Å²) in [5, 5.41) is 17.1. The zero-order valence-corrected chi connectivity index (χ0v) is 21.5. The van der Waals surface area contributed by atoms with Crippen molar-refractivity contribution in [2.75, 3.05) is 0 Å². The van der Waals surface area contributed by atoms with E-state index in [-0.39, 0.29) is 36.4 Å². The third-order valence-electron chi connectivity index (χ3n) is 5.35. The van der Waals surface area contributed by atoms with Gasteiger partial charge in [0.05, 0.1) is 5.69 Å². The molecule has 0 aliphatic rings. The summed E-state index contributed by atoms with van der Waals surface area (Å²) in [5.41, 5.74) is -0.544. The van der Waals surface area contributed by atoms with Gasteiger partial charge in [0, 0.05) is 18.1 Å². The Balaban J connectivity index is 1.99. The highest BCUT2D eigenvalue weighted by Crippen LogP contribution is 2.30. The van der Waals surface area contributed by atoms with Crippen LogP contribution < -0.4 is 21.5 Å². The summed E-state index contributed by atoms with van der Waals surface area (Å²) in [6, 6.07) is 6.39. The molecular weight excluding hydrogens is 480 g/mol. The predicted octanol–water partition coefficient (Wildman–Crippen LogP) is 2.43. The third kappa shape index (κ3) is 6.19. The van der Waals surface area contributed by atoms with Gasteiger partial charge in [0.1, 0.15) is 11.8 Å². The van der Waals surface area contributed by atoms with Crippen LogP contribution in [0.15, 0.2) is 32.6 Å². The predicted molar refractivity (Wildman–Crippen MR) is 133 cm³/mol. The number of H-pyrrole nitrogens is 1. The van der Waals surface area contributed by atoms with E-state index in [4.69, 9.17) is 14.7 Å². The van der Waals surface area contributed by atoms with Crippen molar-refractivity contribution in [2.24, 2.45) is 5.92 Å². The van der Waals surface area contributed by atoms with E-state index in [1.165, 1.54) is 0 Å². The van der Waals surface area contributed by atoms with Crippen LogP contribution in [0.1, 0.15) is 62.4 Å². The molecule has 12 nitrogen and oxygen atoms in total. The molecule has 3 rings (SSSR count). The monoisotopic (exact) mass is 508 g/mol. The summed E-state index contributed by atoms with van der Waals surface area (Å²) in [6.45, 7) is 10.6. The van der Waals surface area contributed by atoms with Crippen molar-refractivity contribution >= 4 is 5.97 Å². The highest BCUT2D eigenvalue weighted by Gasteiger charge is 2.17. The molecule has 0 amide bonds. The number of aromatic amines is 1. The number of rotatable bonds is 8. The molecule has 0 spiro atoms. The first-order valence-corrected chi connectivity index (χ1v) is 11.6. The van der Waals surface area contributed by atoms with E-state index in [9.17, 15) is 19.2 Å². The van der Waals surface area contributed by atoms with Crippen LogP contribution in [0.2, 0.25) is 0 Å². The second kappa shape index (κ2) is 11.0. The lowest BCUT2D eigenvalue weighted by atomic mass is 10.1. The zero-order chi connectivity index (χ0) is 27.4. The average molecular weight is 509 g/mol. The number of carbonyl (C=O) groups excluding carboxylic acids is 1. The first-order chi connectivity index (χ1) is 17.4. The molecule has 3 aromatic rings. The molecule has 2 aromatic heterocycles. The average Bonchev–Trinajstić information content (AvgIpc) is 2.80. The van der Waals surface area contributed by atoms with E-state index in [2.05, 4.69) is 15.2 Å². The van der Waals surface area contributed by atoms with Crippen LogP contribution in [0.25, 0.3) is 5.69 Å². The number of carbonyl (C=O) groups is 1. The van der Waals surface area contributed by atoms with Crippen molar-refractivity contribution in [3.05, 3.63) is 71.8 Å². The Morgan fingerprint density at radius 2 is 1.73 bits per heavy atom. The Labute approximate surface area is 212 Å². The van der Waals surface area contributed by atoms with Gasteiger partial charge in [-0.05, 0) is 48.9 Å². The van der Waals surface area contributed by atoms with Crippen LogP contribution in [0.3, 0.4) is 0 Å². The number of nitrogens with one attached hydrogen (secondary N) is 1. The van der Waals surface area contributed by atoms with E-state index in [1.54, 1.807) is 38.1 Å². The Bertz CT molecular complexity index is 1530. The normalized spacial score (nSPS) is 11.0. The highest BCUT2D eigenvalue weighted by molar-refractivity contribution is 5.69. The number of aromatic nitrogens is 5. The molecular formula is C25H28N6O6. The van der Waals surface area contributed by atoms with Gasteiger partial charge in [0.15, 0.2) is 6.73 Å². The van der Waals surface area contributed by atoms with Crippen molar-refractivity contribution in [3.63, 3.8) is 0 Å². The molecule has 2 heterocycles. The zero-order valence-electron chi connectivity index (χ0n) is 21.5. The molecule has 1 aromatic carbocycles. The maximum atomic E-state index is 12.9. The highest BCUT2D eigenvalue weighted by atomic mass is 16.5. The van der Waals surface area contributed by atoms with Crippen molar-refractivity contribution in [1.29, 1.82) is 5.26 Å². The van der Waals surface area contributed by atoms with Crippen LogP contribution >= 0.6 is 0 Å². The quantitative estimate of drug-likeness (QED) is 0.450. The molecule has 0 aliphatic carbocycles. The number of aryl methyl sites for hydroxylation is 2. The summed E-state index contributed by atoms with van der Waals surface area (Å²) < 4.78 is 13.3. The van der Waals surface area contributed by atoms with E-state index in [0.29, 0.717) is 28.1 Å². The van der Waals surface area contributed by atoms with E-state index >= 15 is 0 Å². The molecule has 0 fully saturated rings. The maximum Gasteiger partial charge on any atom is 0.349 e. The Hall–Kier alpha value is -4.53. The standard InChI is InChI=1S/C25H28N6O6/c1-13(2)7-21(32)36-12-30-24(34)18(14(3)4)10-20(29-30)37-22-15(5)8-17(9-16(22)6)31-25(35)27-23(33)19(11-26)28-31/h8-10,13-14H,7,12H2,1-6H3,(H,27,33,35). The van der Waals surface area contributed by atoms with Crippen molar-refractivity contribution < 1.29 is 14.3 Å². The topological polar surface area (TPSA) is 162 Å². The summed E-state index contributed by atoms with van der Waals surface area (Å²) in [7, 11) is 0. The molecule has 12 heteroatoms. The third-order valence-corrected chi connectivity index (χ3v) is 5.35. The summed E-state index contributed by atoms with van der Waals surface area (Å²) >= 11 is 0. The molecule has 1 N–H and O–H groups in total. The number of nitriles is 1. The largest absolute Gasteiger partial charge is 0.442 e. The SMILES string of the molecule is Cc1cc(-n2nc(C#N)c(=O)[nH]c2=O)cc(C)c1Oc1cc(C(C)C)c(=O)n(COC(=O)CC(C)C)n1.